The molecule has 0 saturated carbocycles. The first-order valence-corrected chi connectivity index (χ1v) is 11.0. The molecule has 0 bridgehead atoms. The van der Waals surface area contributed by atoms with Gasteiger partial charge in [0.2, 0.25) is 0 Å². The summed E-state index contributed by atoms with van der Waals surface area (Å²) in [7, 11) is -4.21. The molecule has 0 aliphatic carbocycles. The maximum absolute atomic E-state index is 13.8. The van der Waals surface area contributed by atoms with E-state index in [1.807, 2.05) is 35.7 Å². The molecule has 3 rings (SSSR count). The molecule has 0 aromatic heterocycles. The number of thioether (sulfide) groups is 2. The van der Waals surface area contributed by atoms with Crippen LogP contribution in [0.4, 0.5) is 4.39 Å². The number of benzene rings is 2. The zero-order valence-corrected chi connectivity index (χ0v) is 15.8. The third-order valence-electron chi connectivity index (χ3n) is 3.14. The average Bonchev–Trinajstić information content (AvgIpc) is 3.04. The van der Waals surface area contributed by atoms with Gasteiger partial charge >= 0.3 is 10.1 Å². The van der Waals surface area contributed by atoms with Gasteiger partial charge in [0, 0.05) is 16.0 Å². The zero-order valence-electron chi connectivity index (χ0n) is 11.7. The second-order valence-electron chi connectivity index (χ2n) is 4.75. The molecular formula is C15H12BrFO3S3. The Morgan fingerprint density at radius 1 is 1.09 bits per heavy atom. The van der Waals surface area contributed by atoms with Crippen molar-refractivity contribution in [2.24, 2.45) is 0 Å². The van der Waals surface area contributed by atoms with Gasteiger partial charge in [-0.3, -0.25) is 0 Å². The van der Waals surface area contributed by atoms with Crippen LogP contribution in [-0.2, 0) is 10.1 Å². The summed E-state index contributed by atoms with van der Waals surface area (Å²) in [4.78, 5) is -0.488. The van der Waals surface area contributed by atoms with Crippen LogP contribution in [0.2, 0.25) is 0 Å². The van der Waals surface area contributed by atoms with Crippen molar-refractivity contribution in [1.29, 1.82) is 0 Å². The normalized spacial score (nSPS) is 15.7. The monoisotopic (exact) mass is 434 g/mol. The highest BCUT2D eigenvalue weighted by atomic mass is 79.9. The van der Waals surface area contributed by atoms with Crippen molar-refractivity contribution in [3.8, 4) is 5.75 Å². The summed E-state index contributed by atoms with van der Waals surface area (Å²) in [6, 6.07) is 10.6. The number of halogens is 2. The van der Waals surface area contributed by atoms with Gasteiger partial charge in [-0.2, -0.15) is 8.42 Å². The van der Waals surface area contributed by atoms with E-state index in [4.69, 9.17) is 4.18 Å². The summed E-state index contributed by atoms with van der Waals surface area (Å²) >= 11 is 6.86. The highest BCUT2D eigenvalue weighted by Gasteiger charge is 2.23. The fourth-order valence-corrected chi connectivity index (χ4v) is 6.48. The van der Waals surface area contributed by atoms with Crippen molar-refractivity contribution >= 4 is 49.6 Å². The highest BCUT2D eigenvalue weighted by Crippen LogP contribution is 2.45. The van der Waals surface area contributed by atoms with Crippen LogP contribution in [0.25, 0.3) is 0 Å². The molecule has 1 aliphatic rings. The Bertz CT molecular complexity index is 803. The molecule has 3 nitrogen and oxygen atoms in total. The minimum Gasteiger partial charge on any atom is -0.379 e. The van der Waals surface area contributed by atoms with Gasteiger partial charge < -0.3 is 4.18 Å². The molecule has 1 saturated heterocycles. The van der Waals surface area contributed by atoms with Gasteiger partial charge in [-0.25, -0.2) is 4.39 Å². The lowest BCUT2D eigenvalue weighted by molar-refractivity contribution is 0.476. The molecule has 1 fully saturated rings. The van der Waals surface area contributed by atoms with Crippen LogP contribution in [0, 0.1) is 5.82 Å². The van der Waals surface area contributed by atoms with Crippen LogP contribution in [0.1, 0.15) is 10.1 Å². The first-order chi connectivity index (χ1) is 11.0. The van der Waals surface area contributed by atoms with Crippen molar-refractivity contribution in [2.45, 2.75) is 9.48 Å². The van der Waals surface area contributed by atoms with E-state index in [-0.39, 0.29) is 5.75 Å². The summed E-state index contributed by atoms with van der Waals surface area (Å²) in [5, 5.41) is 0. The highest BCUT2D eigenvalue weighted by molar-refractivity contribution is 9.10. The minimum absolute atomic E-state index is 0.168. The van der Waals surface area contributed by atoms with Gasteiger partial charge in [0.15, 0.2) is 0 Å². The van der Waals surface area contributed by atoms with E-state index in [1.165, 1.54) is 12.1 Å². The average molecular weight is 435 g/mol. The molecule has 0 amide bonds. The van der Waals surface area contributed by atoms with Gasteiger partial charge in [0.1, 0.15) is 16.5 Å². The van der Waals surface area contributed by atoms with Gasteiger partial charge in [-0.1, -0.05) is 28.1 Å². The van der Waals surface area contributed by atoms with Gasteiger partial charge in [-0.05, 0) is 35.9 Å². The number of hydrogen-bond donors (Lipinski definition) is 0. The van der Waals surface area contributed by atoms with Crippen LogP contribution in [0.3, 0.4) is 0 Å². The Hall–Kier alpha value is -0.700. The number of rotatable bonds is 4. The lowest BCUT2D eigenvalue weighted by Crippen LogP contribution is -2.11. The Morgan fingerprint density at radius 3 is 2.39 bits per heavy atom. The molecule has 1 heterocycles. The lowest BCUT2D eigenvalue weighted by atomic mass is 10.2. The molecule has 2 aromatic rings. The van der Waals surface area contributed by atoms with E-state index < -0.39 is 20.8 Å². The Balaban J connectivity index is 1.81. The maximum atomic E-state index is 13.8. The van der Waals surface area contributed by atoms with Crippen LogP contribution >= 0.6 is 39.5 Å². The molecule has 2 aromatic carbocycles. The van der Waals surface area contributed by atoms with Crippen molar-refractivity contribution < 1.29 is 17.0 Å². The van der Waals surface area contributed by atoms with E-state index >= 15 is 0 Å². The number of hydrogen-bond acceptors (Lipinski definition) is 5. The summed E-state index contributed by atoms with van der Waals surface area (Å²) in [5.41, 5.74) is 1.12. The molecule has 0 radical (unpaired) electrons. The molecule has 122 valence electrons. The van der Waals surface area contributed by atoms with Crippen LogP contribution in [-0.4, -0.2) is 19.9 Å². The smallest absolute Gasteiger partial charge is 0.342 e. The minimum atomic E-state index is -4.21. The van der Waals surface area contributed by atoms with E-state index in [9.17, 15) is 12.8 Å². The van der Waals surface area contributed by atoms with Gasteiger partial charge in [0.05, 0.1) is 4.58 Å². The standard InChI is InChI=1S/C15H12BrFO3S3/c16-11-3-6-13(17)14(9-11)23(18,19)20-12-4-1-10(2-5-12)15-21-7-8-22-15/h1-6,9,15H,7-8H2. The van der Waals surface area contributed by atoms with E-state index in [0.717, 1.165) is 23.1 Å². The molecule has 23 heavy (non-hydrogen) atoms. The molecule has 0 unspecified atom stereocenters. The van der Waals surface area contributed by atoms with Crippen LogP contribution in [0.5, 0.6) is 5.75 Å². The Labute approximate surface area is 151 Å². The van der Waals surface area contributed by atoms with E-state index in [2.05, 4.69) is 15.9 Å². The first-order valence-electron chi connectivity index (χ1n) is 6.68. The Morgan fingerprint density at radius 2 is 1.74 bits per heavy atom. The summed E-state index contributed by atoms with van der Waals surface area (Å²) in [6.45, 7) is 0. The first kappa shape index (κ1) is 17.1. The predicted octanol–water partition coefficient (Wildman–Crippen LogP) is 4.83. The quantitative estimate of drug-likeness (QED) is 0.644. The molecule has 0 spiro atoms. The predicted molar refractivity (Wildman–Crippen MR) is 96.0 cm³/mol. The molecule has 1 aliphatic heterocycles. The fraction of sp³-hybridized carbons (Fsp3) is 0.200. The summed E-state index contributed by atoms with van der Waals surface area (Å²) in [5.74, 6) is 1.55. The zero-order chi connectivity index (χ0) is 16.4. The van der Waals surface area contributed by atoms with Crippen molar-refractivity contribution in [1.82, 2.24) is 0 Å². The van der Waals surface area contributed by atoms with Crippen molar-refractivity contribution in [3.05, 3.63) is 58.3 Å². The third-order valence-corrected chi connectivity index (χ3v) is 8.00. The summed E-state index contributed by atoms with van der Waals surface area (Å²) in [6.07, 6.45) is 0. The van der Waals surface area contributed by atoms with Gasteiger partial charge in [-0.15, -0.1) is 23.5 Å². The maximum Gasteiger partial charge on any atom is 0.342 e. The van der Waals surface area contributed by atoms with E-state index in [0.29, 0.717) is 9.05 Å². The molecule has 0 atom stereocenters. The topological polar surface area (TPSA) is 43.4 Å². The summed E-state index contributed by atoms with van der Waals surface area (Å²) < 4.78 is 44.1. The Kier molecular flexibility index (Phi) is 5.25. The van der Waals surface area contributed by atoms with Crippen LogP contribution in [0.15, 0.2) is 51.8 Å². The molecular weight excluding hydrogens is 423 g/mol. The van der Waals surface area contributed by atoms with Crippen LogP contribution < -0.4 is 4.18 Å². The second kappa shape index (κ2) is 7.04. The molecule has 8 heteroatoms. The largest absolute Gasteiger partial charge is 0.379 e. The third kappa shape index (κ3) is 4.04. The van der Waals surface area contributed by atoms with Gasteiger partial charge in [0.25, 0.3) is 0 Å². The van der Waals surface area contributed by atoms with E-state index in [1.54, 1.807) is 12.1 Å². The lowest BCUT2D eigenvalue weighted by Gasteiger charge is -2.11. The second-order valence-corrected chi connectivity index (χ2v) is 9.91. The SMILES string of the molecule is O=S(=O)(Oc1ccc(C2SCCS2)cc1)c1cc(Br)ccc1F. The van der Waals surface area contributed by atoms with Crippen molar-refractivity contribution in [3.63, 3.8) is 0 Å². The molecule has 0 N–H and O–H groups in total. The fourth-order valence-electron chi connectivity index (χ4n) is 2.07. The van der Waals surface area contributed by atoms with Crippen molar-refractivity contribution in [2.75, 3.05) is 11.5 Å².